The highest BCUT2D eigenvalue weighted by Crippen LogP contribution is 2.27. The van der Waals surface area contributed by atoms with Gasteiger partial charge in [0.15, 0.2) is 0 Å². The van der Waals surface area contributed by atoms with E-state index in [0.717, 1.165) is 0 Å². The second kappa shape index (κ2) is 7.87. The van der Waals surface area contributed by atoms with Crippen LogP contribution in [0.2, 0.25) is 0 Å². The molecule has 2 aromatic carbocycles. The van der Waals surface area contributed by atoms with E-state index in [4.69, 9.17) is 10.5 Å². The first-order valence-electron chi connectivity index (χ1n) is 7.57. The molecule has 8 nitrogen and oxygen atoms in total. The maximum Gasteiger partial charge on any atom is 0.262 e. The third-order valence-corrected chi connectivity index (χ3v) is 5.02. The molecule has 0 saturated heterocycles. The van der Waals surface area contributed by atoms with Crippen LogP contribution < -0.4 is 20.5 Å². The molecule has 2 amide bonds. The van der Waals surface area contributed by atoms with Gasteiger partial charge in [0.05, 0.1) is 24.2 Å². The Hall–Kier alpha value is -3.07. The maximum absolute atomic E-state index is 12.8. The van der Waals surface area contributed by atoms with Crippen LogP contribution in [0.4, 0.5) is 5.69 Å². The third kappa shape index (κ3) is 4.51. The summed E-state index contributed by atoms with van der Waals surface area (Å²) in [5.41, 5.74) is 5.81. The first kappa shape index (κ1) is 19.3. The minimum absolute atomic E-state index is 0.0601. The number of nitrogens with two attached hydrogens (primary N) is 1. The maximum atomic E-state index is 12.8. The Morgan fingerprint density at radius 1 is 1.15 bits per heavy atom. The summed E-state index contributed by atoms with van der Waals surface area (Å²) in [7, 11) is -2.53. The van der Waals surface area contributed by atoms with Crippen molar-refractivity contribution in [3.8, 4) is 5.75 Å². The number of ether oxygens (including phenoxy) is 1. The summed E-state index contributed by atoms with van der Waals surface area (Å²) in [6.45, 7) is 1.27. The topological polar surface area (TPSA) is 128 Å². The van der Waals surface area contributed by atoms with Gasteiger partial charge in [-0.3, -0.25) is 14.3 Å². The molecule has 0 unspecified atom stereocenters. The molecular weight excluding hydrogens is 358 g/mol. The van der Waals surface area contributed by atoms with E-state index in [0.29, 0.717) is 11.3 Å². The number of rotatable bonds is 7. The molecule has 138 valence electrons. The summed E-state index contributed by atoms with van der Waals surface area (Å²) >= 11 is 0. The molecule has 0 heterocycles. The molecule has 0 aliphatic heterocycles. The van der Waals surface area contributed by atoms with Gasteiger partial charge in [-0.15, -0.1) is 0 Å². The zero-order chi connectivity index (χ0) is 19.3. The number of sulfonamides is 1. The van der Waals surface area contributed by atoms with Crippen molar-refractivity contribution in [1.82, 2.24) is 5.32 Å². The molecule has 0 aliphatic carbocycles. The fourth-order valence-corrected chi connectivity index (χ4v) is 3.57. The van der Waals surface area contributed by atoms with Crippen LogP contribution in [0.25, 0.3) is 0 Å². The van der Waals surface area contributed by atoms with Crippen molar-refractivity contribution in [1.29, 1.82) is 0 Å². The summed E-state index contributed by atoms with van der Waals surface area (Å²) in [5, 5.41) is 2.32. The molecule has 0 saturated carbocycles. The standard InChI is InChI=1S/C17H19N3O5S/c1-11-7-8-12(17(22)19-10-16(18)21)9-15(11)26(23,24)20-13-5-3-4-6-14(13)25-2/h3-9,20H,10H2,1-2H3,(H2,18,21)(H,19,22). The second-order valence-electron chi connectivity index (χ2n) is 5.44. The van der Waals surface area contributed by atoms with Gasteiger partial charge < -0.3 is 15.8 Å². The molecule has 0 bridgehead atoms. The molecule has 0 aromatic heterocycles. The highest BCUT2D eigenvalue weighted by Gasteiger charge is 2.20. The average molecular weight is 377 g/mol. The van der Waals surface area contributed by atoms with E-state index < -0.39 is 21.8 Å². The molecule has 26 heavy (non-hydrogen) atoms. The minimum Gasteiger partial charge on any atom is -0.495 e. The van der Waals surface area contributed by atoms with Crippen LogP contribution in [0.5, 0.6) is 5.75 Å². The first-order chi connectivity index (χ1) is 12.2. The number of methoxy groups -OCH3 is 1. The molecule has 0 spiro atoms. The van der Waals surface area contributed by atoms with Crippen molar-refractivity contribution in [2.45, 2.75) is 11.8 Å². The van der Waals surface area contributed by atoms with E-state index in [1.165, 1.54) is 25.3 Å². The summed E-state index contributed by atoms with van der Waals surface area (Å²) in [5.74, 6) is -0.933. The SMILES string of the molecule is COc1ccccc1NS(=O)(=O)c1cc(C(=O)NCC(N)=O)ccc1C. The van der Waals surface area contributed by atoms with Crippen LogP contribution in [0.15, 0.2) is 47.4 Å². The summed E-state index contributed by atoms with van der Waals surface area (Å²) in [6, 6.07) is 10.8. The van der Waals surface area contributed by atoms with E-state index in [-0.39, 0.29) is 22.7 Å². The third-order valence-electron chi connectivity index (χ3n) is 3.51. The molecule has 0 radical (unpaired) electrons. The smallest absolute Gasteiger partial charge is 0.262 e. The van der Waals surface area contributed by atoms with Crippen LogP contribution >= 0.6 is 0 Å². The van der Waals surface area contributed by atoms with Gasteiger partial charge in [-0.2, -0.15) is 0 Å². The summed E-state index contributed by atoms with van der Waals surface area (Å²) in [6.07, 6.45) is 0. The Morgan fingerprint density at radius 3 is 2.50 bits per heavy atom. The van der Waals surface area contributed by atoms with Crippen LogP contribution in [0.1, 0.15) is 15.9 Å². The zero-order valence-corrected chi connectivity index (χ0v) is 15.1. The largest absolute Gasteiger partial charge is 0.495 e. The number of nitrogens with one attached hydrogen (secondary N) is 2. The quantitative estimate of drug-likeness (QED) is 0.664. The Balaban J connectivity index is 2.35. The summed E-state index contributed by atoms with van der Waals surface area (Å²) in [4.78, 5) is 22.8. The molecule has 2 rings (SSSR count). The van der Waals surface area contributed by atoms with Gasteiger partial charge in [0.25, 0.3) is 15.9 Å². The number of para-hydroxylation sites is 2. The molecular formula is C17H19N3O5S. The molecule has 2 aromatic rings. The number of carbonyl (C=O) groups is 2. The number of amides is 2. The lowest BCUT2D eigenvalue weighted by atomic mass is 10.1. The van der Waals surface area contributed by atoms with E-state index in [2.05, 4.69) is 10.0 Å². The van der Waals surface area contributed by atoms with Gasteiger partial charge >= 0.3 is 0 Å². The van der Waals surface area contributed by atoms with E-state index in [1.54, 1.807) is 31.2 Å². The number of hydrogen-bond donors (Lipinski definition) is 3. The van der Waals surface area contributed by atoms with Gasteiger partial charge in [0.1, 0.15) is 5.75 Å². The van der Waals surface area contributed by atoms with E-state index in [9.17, 15) is 18.0 Å². The number of benzene rings is 2. The van der Waals surface area contributed by atoms with Gasteiger partial charge in [-0.25, -0.2) is 8.42 Å². The normalized spacial score (nSPS) is 10.8. The second-order valence-corrected chi connectivity index (χ2v) is 7.09. The average Bonchev–Trinajstić information content (AvgIpc) is 2.60. The van der Waals surface area contributed by atoms with Gasteiger partial charge in [-0.05, 0) is 36.8 Å². The lowest BCUT2D eigenvalue weighted by Crippen LogP contribution is -2.33. The molecule has 4 N–H and O–H groups in total. The Kier molecular flexibility index (Phi) is 5.83. The minimum atomic E-state index is -3.97. The van der Waals surface area contributed by atoms with Crippen molar-refractivity contribution in [3.63, 3.8) is 0 Å². The van der Waals surface area contributed by atoms with Crippen LogP contribution in [0.3, 0.4) is 0 Å². The van der Waals surface area contributed by atoms with Crippen molar-refractivity contribution in [2.75, 3.05) is 18.4 Å². The Bertz CT molecular complexity index is 941. The number of hydrogen-bond acceptors (Lipinski definition) is 5. The summed E-state index contributed by atoms with van der Waals surface area (Å²) < 4.78 is 33.1. The van der Waals surface area contributed by atoms with Gasteiger partial charge in [-0.1, -0.05) is 18.2 Å². The molecule has 9 heteroatoms. The number of anilines is 1. The van der Waals surface area contributed by atoms with Crippen molar-refractivity contribution in [3.05, 3.63) is 53.6 Å². The van der Waals surface area contributed by atoms with E-state index >= 15 is 0 Å². The fraction of sp³-hybridized carbons (Fsp3) is 0.176. The van der Waals surface area contributed by atoms with Gasteiger partial charge in [0, 0.05) is 5.56 Å². The Morgan fingerprint density at radius 2 is 1.85 bits per heavy atom. The molecule has 0 atom stereocenters. The monoisotopic (exact) mass is 377 g/mol. The lowest BCUT2D eigenvalue weighted by molar-refractivity contribution is -0.117. The predicted molar refractivity (Wildman–Crippen MR) is 96.5 cm³/mol. The fourth-order valence-electron chi connectivity index (χ4n) is 2.23. The number of primary amides is 1. The van der Waals surface area contributed by atoms with Gasteiger partial charge in [0.2, 0.25) is 5.91 Å². The predicted octanol–water partition coefficient (Wildman–Crippen LogP) is 1.02. The van der Waals surface area contributed by atoms with E-state index in [1.807, 2.05) is 0 Å². The van der Waals surface area contributed by atoms with Crippen molar-refractivity contribution < 1.29 is 22.7 Å². The number of carbonyl (C=O) groups excluding carboxylic acids is 2. The Labute approximate surface area is 151 Å². The van der Waals surface area contributed by atoms with Crippen LogP contribution in [-0.4, -0.2) is 33.9 Å². The van der Waals surface area contributed by atoms with Crippen LogP contribution in [0, 0.1) is 6.92 Å². The molecule has 0 fully saturated rings. The lowest BCUT2D eigenvalue weighted by Gasteiger charge is -2.14. The first-order valence-corrected chi connectivity index (χ1v) is 9.06. The van der Waals surface area contributed by atoms with Crippen molar-refractivity contribution >= 4 is 27.5 Å². The molecule has 0 aliphatic rings. The highest BCUT2D eigenvalue weighted by atomic mass is 32.2. The highest BCUT2D eigenvalue weighted by molar-refractivity contribution is 7.92. The van der Waals surface area contributed by atoms with Crippen molar-refractivity contribution in [2.24, 2.45) is 5.73 Å². The zero-order valence-electron chi connectivity index (χ0n) is 14.3. The van der Waals surface area contributed by atoms with Crippen LogP contribution in [-0.2, 0) is 14.8 Å². The number of aryl methyl sites for hydroxylation is 1.